The number of aromatic amines is 1. The molecular formula is C11H8N6O2. The number of nitriles is 1. The van der Waals surface area contributed by atoms with Crippen molar-refractivity contribution in [1.82, 2.24) is 20.6 Å². The van der Waals surface area contributed by atoms with E-state index < -0.39 is 5.97 Å². The lowest BCUT2D eigenvalue weighted by atomic mass is 10.2. The minimum atomic E-state index is -1.06. The van der Waals surface area contributed by atoms with Crippen LogP contribution >= 0.6 is 0 Å². The molecule has 0 aliphatic heterocycles. The number of nitrogens with one attached hydrogen (secondary N) is 2. The summed E-state index contributed by atoms with van der Waals surface area (Å²) in [6, 6.07) is 8.23. The van der Waals surface area contributed by atoms with Crippen molar-refractivity contribution in [2.45, 2.75) is 0 Å². The van der Waals surface area contributed by atoms with Gasteiger partial charge in [-0.05, 0) is 17.3 Å². The lowest BCUT2D eigenvalue weighted by Gasteiger charge is -2.04. The number of carboxylic acid groups (broad SMARTS) is 1. The molecule has 0 aliphatic rings. The number of tetrazole rings is 1. The van der Waals surface area contributed by atoms with Gasteiger partial charge in [-0.3, -0.25) is 0 Å². The number of carbonyl (C=O) groups is 1. The van der Waals surface area contributed by atoms with Gasteiger partial charge in [-0.25, -0.2) is 4.79 Å². The van der Waals surface area contributed by atoms with E-state index in [0.717, 1.165) is 0 Å². The van der Waals surface area contributed by atoms with E-state index in [0.29, 0.717) is 5.69 Å². The molecule has 19 heavy (non-hydrogen) atoms. The van der Waals surface area contributed by atoms with E-state index in [9.17, 15) is 4.79 Å². The van der Waals surface area contributed by atoms with Crippen molar-refractivity contribution >= 4 is 17.2 Å². The Morgan fingerprint density at radius 3 is 2.89 bits per heavy atom. The van der Waals surface area contributed by atoms with E-state index >= 15 is 0 Å². The first-order valence-corrected chi connectivity index (χ1v) is 5.15. The van der Waals surface area contributed by atoms with Crippen LogP contribution in [0.2, 0.25) is 0 Å². The van der Waals surface area contributed by atoms with Crippen LogP contribution in [0.5, 0.6) is 0 Å². The van der Waals surface area contributed by atoms with Gasteiger partial charge in [0, 0.05) is 6.20 Å². The molecule has 0 atom stereocenters. The maximum absolute atomic E-state index is 11.0. The van der Waals surface area contributed by atoms with Crippen molar-refractivity contribution in [3.8, 4) is 6.07 Å². The molecule has 1 heterocycles. The van der Waals surface area contributed by atoms with Gasteiger partial charge < -0.3 is 10.4 Å². The molecule has 0 bridgehead atoms. The SMILES string of the molecule is N#CC(=CNc1ccccc1C(=O)O)c1nn[nH]n1. The number of nitrogens with zero attached hydrogens (tertiary/aromatic N) is 4. The number of benzene rings is 1. The molecule has 0 radical (unpaired) electrons. The monoisotopic (exact) mass is 256 g/mol. The summed E-state index contributed by atoms with van der Waals surface area (Å²) in [5.74, 6) is -0.933. The Hall–Kier alpha value is -3.21. The lowest BCUT2D eigenvalue weighted by molar-refractivity contribution is 0.0698. The third-order valence-corrected chi connectivity index (χ3v) is 2.24. The Balaban J connectivity index is 2.27. The molecule has 2 rings (SSSR count). The Kier molecular flexibility index (Phi) is 3.49. The lowest BCUT2D eigenvalue weighted by Crippen LogP contribution is -2.02. The third-order valence-electron chi connectivity index (χ3n) is 2.24. The number of hydrogen-bond donors (Lipinski definition) is 3. The number of aromatic carboxylic acids is 1. The van der Waals surface area contributed by atoms with Crippen LogP contribution in [0, 0.1) is 11.3 Å². The zero-order valence-electron chi connectivity index (χ0n) is 9.53. The summed E-state index contributed by atoms with van der Waals surface area (Å²) in [7, 11) is 0. The zero-order chi connectivity index (χ0) is 13.7. The predicted molar refractivity (Wildman–Crippen MR) is 64.8 cm³/mol. The summed E-state index contributed by atoms with van der Waals surface area (Å²) in [5, 5.41) is 33.6. The van der Waals surface area contributed by atoms with Crippen LogP contribution in [0.25, 0.3) is 5.57 Å². The second kappa shape index (κ2) is 5.42. The molecule has 0 saturated heterocycles. The molecule has 94 valence electrons. The standard InChI is InChI=1S/C11H8N6O2/c12-5-7(10-14-16-17-15-10)6-13-9-4-2-1-3-8(9)11(18)19/h1-4,6,13H,(H,18,19)(H,14,15,16,17). The van der Waals surface area contributed by atoms with Crippen molar-refractivity contribution < 1.29 is 9.90 Å². The molecule has 8 heteroatoms. The Labute approximate surface area is 107 Å². The average Bonchev–Trinajstić information content (AvgIpc) is 2.94. The van der Waals surface area contributed by atoms with Gasteiger partial charge in [-0.15, -0.1) is 10.2 Å². The fourth-order valence-corrected chi connectivity index (χ4v) is 1.37. The minimum Gasteiger partial charge on any atom is -0.478 e. The first kappa shape index (κ1) is 12.3. The Morgan fingerprint density at radius 1 is 1.47 bits per heavy atom. The molecule has 8 nitrogen and oxygen atoms in total. The Bertz CT molecular complexity index is 656. The quantitative estimate of drug-likeness (QED) is 0.692. The second-order valence-corrected chi connectivity index (χ2v) is 3.40. The molecule has 0 spiro atoms. The number of carboxylic acids is 1. The van der Waals surface area contributed by atoms with Crippen molar-refractivity contribution in [3.63, 3.8) is 0 Å². The molecule has 0 saturated carbocycles. The number of para-hydroxylation sites is 1. The van der Waals surface area contributed by atoms with Crippen molar-refractivity contribution in [3.05, 3.63) is 41.9 Å². The highest BCUT2D eigenvalue weighted by Gasteiger charge is 2.09. The van der Waals surface area contributed by atoms with Crippen LogP contribution in [0.15, 0.2) is 30.5 Å². The molecule has 2 aromatic rings. The molecule has 0 fully saturated rings. The van der Waals surface area contributed by atoms with Crippen molar-refractivity contribution in [2.75, 3.05) is 5.32 Å². The summed E-state index contributed by atoms with van der Waals surface area (Å²) >= 11 is 0. The van der Waals surface area contributed by atoms with Crippen LogP contribution in [-0.4, -0.2) is 31.7 Å². The summed E-state index contributed by atoms with van der Waals surface area (Å²) in [6.45, 7) is 0. The van der Waals surface area contributed by atoms with E-state index in [1.807, 2.05) is 6.07 Å². The Morgan fingerprint density at radius 2 is 2.26 bits per heavy atom. The van der Waals surface area contributed by atoms with E-state index in [1.54, 1.807) is 18.2 Å². The van der Waals surface area contributed by atoms with Crippen LogP contribution in [0.3, 0.4) is 0 Å². The summed E-state index contributed by atoms with van der Waals surface area (Å²) in [6.07, 6.45) is 1.33. The molecule has 0 aliphatic carbocycles. The smallest absolute Gasteiger partial charge is 0.337 e. The highest BCUT2D eigenvalue weighted by molar-refractivity contribution is 5.94. The molecular weight excluding hydrogens is 248 g/mol. The van der Waals surface area contributed by atoms with Gasteiger partial charge >= 0.3 is 5.97 Å². The summed E-state index contributed by atoms with van der Waals surface area (Å²) < 4.78 is 0. The minimum absolute atomic E-state index is 0.101. The number of aromatic nitrogens is 4. The highest BCUT2D eigenvalue weighted by Crippen LogP contribution is 2.16. The fourth-order valence-electron chi connectivity index (χ4n) is 1.37. The molecule has 0 amide bonds. The van der Waals surface area contributed by atoms with Crippen LogP contribution in [0.4, 0.5) is 5.69 Å². The first-order valence-electron chi connectivity index (χ1n) is 5.15. The zero-order valence-corrected chi connectivity index (χ0v) is 9.53. The molecule has 0 unspecified atom stereocenters. The van der Waals surface area contributed by atoms with Gasteiger partial charge in [0.05, 0.1) is 11.3 Å². The van der Waals surface area contributed by atoms with E-state index in [2.05, 4.69) is 25.9 Å². The maximum atomic E-state index is 11.0. The second-order valence-electron chi connectivity index (χ2n) is 3.40. The largest absolute Gasteiger partial charge is 0.478 e. The van der Waals surface area contributed by atoms with Crippen molar-refractivity contribution in [1.29, 1.82) is 5.26 Å². The molecule has 3 N–H and O–H groups in total. The third kappa shape index (κ3) is 2.73. The number of rotatable bonds is 4. The first-order chi connectivity index (χ1) is 9.22. The maximum Gasteiger partial charge on any atom is 0.337 e. The van der Waals surface area contributed by atoms with Crippen LogP contribution in [-0.2, 0) is 0 Å². The van der Waals surface area contributed by atoms with E-state index in [1.165, 1.54) is 12.3 Å². The average molecular weight is 256 g/mol. The number of anilines is 1. The van der Waals surface area contributed by atoms with E-state index in [-0.39, 0.29) is 17.0 Å². The van der Waals surface area contributed by atoms with Gasteiger partial charge in [0.25, 0.3) is 0 Å². The van der Waals surface area contributed by atoms with Gasteiger partial charge in [-0.1, -0.05) is 12.1 Å². The normalized spacial score (nSPS) is 10.8. The predicted octanol–water partition coefficient (Wildman–Crippen LogP) is 0.874. The van der Waals surface area contributed by atoms with Gasteiger partial charge in [0.1, 0.15) is 11.6 Å². The topological polar surface area (TPSA) is 128 Å². The number of allylic oxidation sites excluding steroid dienone is 1. The highest BCUT2D eigenvalue weighted by atomic mass is 16.4. The number of hydrogen-bond acceptors (Lipinski definition) is 6. The van der Waals surface area contributed by atoms with Gasteiger partial charge in [-0.2, -0.15) is 10.5 Å². The van der Waals surface area contributed by atoms with Crippen LogP contribution < -0.4 is 5.32 Å². The van der Waals surface area contributed by atoms with E-state index in [4.69, 9.17) is 10.4 Å². The summed E-state index contributed by atoms with van der Waals surface area (Å²) in [4.78, 5) is 11.0. The van der Waals surface area contributed by atoms with Gasteiger partial charge in [0.15, 0.2) is 0 Å². The molecule has 1 aromatic carbocycles. The fraction of sp³-hybridized carbons (Fsp3) is 0. The summed E-state index contributed by atoms with van der Waals surface area (Å²) in [5.41, 5.74) is 0.601. The van der Waals surface area contributed by atoms with Gasteiger partial charge in [0.2, 0.25) is 5.82 Å². The molecule has 1 aromatic heterocycles. The van der Waals surface area contributed by atoms with Crippen LogP contribution in [0.1, 0.15) is 16.2 Å². The number of H-pyrrole nitrogens is 1. The van der Waals surface area contributed by atoms with Crippen molar-refractivity contribution in [2.24, 2.45) is 0 Å².